The van der Waals surface area contributed by atoms with Gasteiger partial charge in [-0.25, -0.2) is 4.98 Å². The molecule has 2 bridgehead atoms. The number of fused-ring (bicyclic) bond motifs is 3. The first-order valence-electron chi connectivity index (χ1n) is 13.8. The highest BCUT2D eigenvalue weighted by Gasteiger charge is 2.42. The first-order valence-corrected chi connectivity index (χ1v) is 13.8. The summed E-state index contributed by atoms with van der Waals surface area (Å²) in [6.45, 7) is 6.16. The van der Waals surface area contributed by atoms with E-state index in [1.54, 1.807) is 0 Å². The molecule has 3 fully saturated rings. The van der Waals surface area contributed by atoms with E-state index in [-0.39, 0.29) is 29.8 Å². The lowest BCUT2D eigenvalue weighted by atomic mass is 9.79. The summed E-state index contributed by atoms with van der Waals surface area (Å²) in [5.41, 5.74) is 1.19. The van der Waals surface area contributed by atoms with Crippen LogP contribution in [0.15, 0.2) is 30.3 Å². The highest BCUT2D eigenvalue weighted by Crippen LogP contribution is 2.42. The minimum atomic E-state index is -4.65. The number of aromatic nitrogens is 1. The molecule has 1 aromatic heterocycles. The van der Waals surface area contributed by atoms with E-state index in [4.69, 9.17) is 4.74 Å². The number of halogens is 3. The van der Waals surface area contributed by atoms with Crippen molar-refractivity contribution in [3.63, 3.8) is 0 Å². The maximum absolute atomic E-state index is 13.6. The number of alkyl halides is 3. The van der Waals surface area contributed by atoms with Crippen LogP contribution in [-0.2, 0) is 17.5 Å². The molecular weight excluding hydrogens is 509 g/mol. The molecule has 1 aliphatic carbocycles. The number of anilines is 2. The molecule has 208 valence electrons. The van der Waals surface area contributed by atoms with E-state index in [0.717, 1.165) is 43.7 Å². The van der Waals surface area contributed by atoms with Crippen LogP contribution < -0.4 is 10.2 Å². The van der Waals surface area contributed by atoms with Crippen molar-refractivity contribution < 1.29 is 27.5 Å². The molecule has 6 rings (SSSR count). The van der Waals surface area contributed by atoms with Crippen LogP contribution in [0.5, 0.6) is 0 Å². The number of amides is 2. The van der Waals surface area contributed by atoms with E-state index in [9.17, 15) is 22.8 Å². The van der Waals surface area contributed by atoms with Gasteiger partial charge in [-0.15, -0.1) is 0 Å². The number of morpholine rings is 1. The quantitative estimate of drug-likeness (QED) is 0.540. The second kappa shape index (κ2) is 9.80. The molecule has 2 aromatic rings. The van der Waals surface area contributed by atoms with Gasteiger partial charge < -0.3 is 19.9 Å². The lowest BCUT2D eigenvalue weighted by molar-refractivity contribution is -0.141. The molecule has 2 saturated heterocycles. The van der Waals surface area contributed by atoms with Crippen molar-refractivity contribution in [2.45, 2.75) is 76.9 Å². The molecule has 4 aliphatic rings. The highest BCUT2D eigenvalue weighted by atomic mass is 19.4. The van der Waals surface area contributed by atoms with Gasteiger partial charge in [0, 0.05) is 24.7 Å². The summed E-state index contributed by atoms with van der Waals surface area (Å²) in [5.74, 6) is 0.609. The van der Waals surface area contributed by atoms with Gasteiger partial charge in [0.05, 0.1) is 30.1 Å². The Balaban J connectivity index is 1.29. The maximum Gasteiger partial charge on any atom is 0.433 e. The van der Waals surface area contributed by atoms with Crippen molar-refractivity contribution >= 4 is 23.2 Å². The van der Waals surface area contributed by atoms with E-state index in [2.05, 4.69) is 29.0 Å². The number of benzene rings is 1. The monoisotopic (exact) mass is 542 g/mol. The highest BCUT2D eigenvalue weighted by molar-refractivity contribution is 6.07. The Morgan fingerprint density at radius 3 is 2.51 bits per heavy atom. The zero-order valence-electron chi connectivity index (χ0n) is 22.1. The Morgan fingerprint density at radius 2 is 1.87 bits per heavy atom. The summed E-state index contributed by atoms with van der Waals surface area (Å²) in [7, 11) is 0. The van der Waals surface area contributed by atoms with Crippen LogP contribution in [0.2, 0.25) is 0 Å². The standard InChI is InChI=1S/C29H33F3N4O3/c1-16(2)17-6-8-19(9-7-17)36-13-18-10-24(34-27(37)23-4-3-5-26(33-23)29(30,31)32)25(12-22(18)28(36)38)35-14-21-11-20(35)15-39-21/h3-5,10,12,16-17,19-21H,6-9,11,13-15H2,1-2H3,(H,34,37)/t17-,19-,20-,21-/m1/s1. The number of nitrogens with one attached hydrogen (secondary N) is 1. The maximum atomic E-state index is 13.6. The number of carbonyl (C=O) groups excluding carboxylic acids is 2. The molecule has 1 N–H and O–H groups in total. The van der Waals surface area contributed by atoms with E-state index in [1.807, 2.05) is 17.0 Å². The fourth-order valence-electron chi connectivity index (χ4n) is 6.69. The molecule has 1 aromatic carbocycles. The number of rotatable bonds is 5. The Labute approximate surface area is 225 Å². The molecule has 2 atom stereocenters. The first kappa shape index (κ1) is 26.1. The number of pyridine rings is 1. The minimum absolute atomic E-state index is 0.0114. The predicted octanol–water partition coefficient (Wildman–Crippen LogP) is 5.50. The molecule has 10 heteroatoms. The third-order valence-corrected chi connectivity index (χ3v) is 8.91. The second-order valence-corrected chi connectivity index (χ2v) is 11.6. The number of hydrogen-bond donors (Lipinski definition) is 1. The molecule has 1 saturated carbocycles. The summed E-state index contributed by atoms with van der Waals surface area (Å²) < 4.78 is 45.4. The summed E-state index contributed by atoms with van der Waals surface area (Å²) in [6, 6.07) is 7.26. The lowest BCUT2D eigenvalue weighted by Gasteiger charge is -2.36. The molecular formula is C29H33F3N4O3. The summed E-state index contributed by atoms with van der Waals surface area (Å²) in [6.07, 6.45) is 0.466. The summed E-state index contributed by atoms with van der Waals surface area (Å²) in [4.78, 5) is 34.4. The van der Waals surface area contributed by atoms with Crippen molar-refractivity contribution in [2.24, 2.45) is 11.8 Å². The fourth-order valence-corrected chi connectivity index (χ4v) is 6.69. The van der Waals surface area contributed by atoms with Crippen LogP contribution in [0.4, 0.5) is 24.5 Å². The zero-order chi connectivity index (χ0) is 27.5. The summed E-state index contributed by atoms with van der Waals surface area (Å²) in [5, 5.41) is 2.82. The number of carbonyl (C=O) groups is 2. The molecule has 2 amide bonds. The molecule has 0 spiro atoms. The minimum Gasteiger partial charge on any atom is -0.374 e. The predicted molar refractivity (Wildman–Crippen MR) is 140 cm³/mol. The normalized spacial score (nSPS) is 26.5. The fraction of sp³-hybridized carbons (Fsp3) is 0.552. The van der Waals surface area contributed by atoms with E-state index in [1.165, 1.54) is 12.1 Å². The van der Waals surface area contributed by atoms with E-state index in [0.29, 0.717) is 48.5 Å². The van der Waals surface area contributed by atoms with E-state index >= 15 is 0 Å². The molecule has 0 unspecified atom stereocenters. The number of nitrogens with zero attached hydrogens (tertiary/aromatic N) is 3. The topological polar surface area (TPSA) is 74.8 Å². The Morgan fingerprint density at radius 1 is 1.10 bits per heavy atom. The van der Waals surface area contributed by atoms with Crippen molar-refractivity contribution in [3.8, 4) is 0 Å². The largest absolute Gasteiger partial charge is 0.433 e. The first-order chi connectivity index (χ1) is 18.6. The van der Waals surface area contributed by atoms with Gasteiger partial charge >= 0.3 is 6.18 Å². The van der Waals surface area contributed by atoms with Crippen molar-refractivity contribution in [2.75, 3.05) is 23.4 Å². The smallest absolute Gasteiger partial charge is 0.374 e. The molecule has 3 aliphatic heterocycles. The molecule has 0 radical (unpaired) electrons. The van der Waals surface area contributed by atoms with Crippen molar-refractivity contribution in [3.05, 3.63) is 52.8 Å². The van der Waals surface area contributed by atoms with Crippen molar-refractivity contribution in [1.29, 1.82) is 0 Å². The second-order valence-electron chi connectivity index (χ2n) is 11.6. The van der Waals surface area contributed by atoms with Gasteiger partial charge in [-0.3, -0.25) is 9.59 Å². The van der Waals surface area contributed by atoms with Crippen LogP contribution in [-0.4, -0.2) is 53.0 Å². The van der Waals surface area contributed by atoms with E-state index < -0.39 is 17.8 Å². The van der Waals surface area contributed by atoms with Crippen molar-refractivity contribution in [1.82, 2.24) is 9.88 Å². The lowest BCUT2D eigenvalue weighted by Crippen LogP contribution is -2.39. The van der Waals surface area contributed by atoms with Gasteiger partial charge in [0.2, 0.25) is 0 Å². The molecule has 7 nitrogen and oxygen atoms in total. The van der Waals surface area contributed by atoms with Gasteiger partial charge in [-0.1, -0.05) is 19.9 Å². The number of ether oxygens (including phenoxy) is 1. The van der Waals surface area contributed by atoms with Gasteiger partial charge in [0.1, 0.15) is 11.4 Å². The molecule has 4 heterocycles. The third kappa shape index (κ3) is 4.88. The van der Waals surface area contributed by atoms with Gasteiger partial charge in [-0.2, -0.15) is 13.2 Å². The van der Waals surface area contributed by atoms with Crippen LogP contribution in [0.3, 0.4) is 0 Å². The van der Waals surface area contributed by atoms with Gasteiger partial charge in [0.15, 0.2) is 0 Å². The Bertz CT molecular complexity index is 1290. The van der Waals surface area contributed by atoms with Crippen LogP contribution >= 0.6 is 0 Å². The third-order valence-electron chi connectivity index (χ3n) is 8.91. The average Bonchev–Trinajstić information content (AvgIpc) is 3.63. The zero-order valence-corrected chi connectivity index (χ0v) is 22.1. The molecule has 39 heavy (non-hydrogen) atoms. The SMILES string of the molecule is CC(C)[C@H]1CC[C@H](N2Cc3cc(NC(=O)c4cccc(C(F)(F)F)n4)c(N4C[C@H]5C[C@@H]4CO5)cc3C2=O)CC1. The van der Waals surface area contributed by atoms with Gasteiger partial charge in [-0.05, 0) is 73.8 Å². The van der Waals surface area contributed by atoms with Crippen LogP contribution in [0.25, 0.3) is 0 Å². The Hall–Kier alpha value is -3.14. The summed E-state index contributed by atoms with van der Waals surface area (Å²) >= 11 is 0. The van der Waals surface area contributed by atoms with Crippen LogP contribution in [0.1, 0.15) is 78.1 Å². The van der Waals surface area contributed by atoms with Gasteiger partial charge in [0.25, 0.3) is 11.8 Å². The van der Waals surface area contributed by atoms with Crippen LogP contribution in [0, 0.1) is 11.8 Å². The average molecular weight is 543 g/mol. The number of hydrogen-bond acceptors (Lipinski definition) is 5. The Kier molecular flexibility index (Phi) is 6.56.